The quantitative estimate of drug-likeness (QED) is 0.776. The Morgan fingerprint density at radius 1 is 1.40 bits per heavy atom. The summed E-state index contributed by atoms with van der Waals surface area (Å²) in [5, 5.41) is 9.25. The fraction of sp³-hybridized carbons (Fsp3) is 0.222. The van der Waals surface area contributed by atoms with Gasteiger partial charge in [-0.3, -0.25) is 4.79 Å². The average Bonchev–Trinajstić information content (AvgIpc) is 2.06. The van der Waals surface area contributed by atoms with Crippen molar-refractivity contribution in [3.05, 3.63) is 23.5 Å². The lowest BCUT2D eigenvalue weighted by Crippen LogP contribution is -2.03. The number of phenolic OH excluding ortho intramolecular Hbond substituents is 1. The van der Waals surface area contributed by atoms with E-state index in [1.165, 1.54) is 0 Å². The normalized spacial score (nSPS) is 11.4. The summed E-state index contributed by atoms with van der Waals surface area (Å²) in [5.74, 6) is -2.75. The molecular weight excluding hydrogens is 223 g/mol. The minimum Gasteiger partial charge on any atom is -0.504 e. The molecule has 0 amide bonds. The molecule has 0 fully saturated rings. The Hall–Kier alpha value is -1.43. The van der Waals surface area contributed by atoms with Gasteiger partial charge in [0.2, 0.25) is 0 Å². The third kappa shape index (κ3) is 2.15. The van der Waals surface area contributed by atoms with Crippen LogP contribution in [0.3, 0.4) is 0 Å². The number of carbonyl (C=O) groups excluding carboxylic acids is 1. The second-order valence-electron chi connectivity index (χ2n) is 3.10. The van der Waals surface area contributed by atoms with Crippen molar-refractivity contribution >= 4 is 15.6 Å². The number of hydrogen-bond donors (Lipinski definition) is 1. The van der Waals surface area contributed by atoms with E-state index < -0.39 is 32.1 Å². The topological polar surface area (TPSA) is 71.4 Å². The fourth-order valence-corrected chi connectivity index (χ4v) is 1.85. The predicted octanol–water partition coefficient (Wildman–Crippen LogP) is 1.14. The van der Waals surface area contributed by atoms with Crippen LogP contribution >= 0.6 is 0 Å². The molecule has 1 rings (SSSR count). The highest BCUT2D eigenvalue weighted by Gasteiger charge is 2.20. The zero-order chi connectivity index (χ0) is 11.8. The van der Waals surface area contributed by atoms with Crippen LogP contribution in [0.2, 0.25) is 0 Å². The van der Waals surface area contributed by atoms with Crippen molar-refractivity contribution in [2.45, 2.75) is 11.8 Å². The molecule has 4 nitrogen and oxygen atoms in total. The third-order valence-electron chi connectivity index (χ3n) is 1.86. The number of halogens is 1. The molecule has 0 aliphatic rings. The molecule has 82 valence electrons. The molecule has 0 radical (unpaired) electrons. The van der Waals surface area contributed by atoms with Crippen LogP contribution in [-0.4, -0.2) is 25.6 Å². The van der Waals surface area contributed by atoms with Gasteiger partial charge in [0.15, 0.2) is 27.2 Å². The minimum atomic E-state index is -3.74. The number of hydrogen-bond acceptors (Lipinski definition) is 4. The summed E-state index contributed by atoms with van der Waals surface area (Å²) in [6.07, 6.45) is 0.818. The SMILES string of the molecule is CC(=O)c1ccc(S(C)(=O)=O)c(F)c1O. The lowest BCUT2D eigenvalue weighted by atomic mass is 10.1. The number of benzene rings is 1. The van der Waals surface area contributed by atoms with Crippen LogP contribution in [0.5, 0.6) is 5.75 Å². The molecule has 0 saturated carbocycles. The summed E-state index contributed by atoms with van der Waals surface area (Å²) in [6, 6.07) is 2.04. The van der Waals surface area contributed by atoms with Crippen molar-refractivity contribution in [3.8, 4) is 5.75 Å². The Kier molecular flexibility index (Phi) is 2.81. The molecule has 0 unspecified atom stereocenters. The number of Topliss-reactive ketones (excluding diaryl/α,β-unsaturated/α-hetero) is 1. The Morgan fingerprint density at radius 2 is 1.93 bits per heavy atom. The minimum absolute atomic E-state index is 0.236. The molecule has 0 aliphatic heterocycles. The van der Waals surface area contributed by atoms with E-state index in [2.05, 4.69) is 0 Å². The average molecular weight is 232 g/mol. The standard InChI is InChI=1S/C9H9FO4S/c1-5(11)6-3-4-7(15(2,13)14)8(10)9(6)12/h3-4,12H,1-2H3. The molecule has 0 saturated heterocycles. The molecule has 0 atom stereocenters. The fourth-order valence-electron chi connectivity index (χ4n) is 1.12. The van der Waals surface area contributed by atoms with Crippen molar-refractivity contribution < 1.29 is 22.7 Å². The Morgan fingerprint density at radius 3 is 2.33 bits per heavy atom. The second kappa shape index (κ2) is 3.62. The molecule has 1 aromatic rings. The first-order valence-corrected chi connectivity index (χ1v) is 5.86. The Bertz CT molecular complexity index is 519. The molecule has 0 spiro atoms. The number of ketones is 1. The summed E-state index contributed by atoms with van der Waals surface area (Å²) in [7, 11) is -3.74. The van der Waals surface area contributed by atoms with Gasteiger partial charge in [0.1, 0.15) is 4.90 Å². The molecule has 15 heavy (non-hydrogen) atoms. The summed E-state index contributed by atoms with van der Waals surface area (Å²) >= 11 is 0. The first-order valence-electron chi connectivity index (χ1n) is 3.97. The summed E-state index contributed by atoms with van der Waals surface area (Å²) in [5.41, 5.74) is -0.236. The maximum atomic E-state index is 13.3. The number of rotatable bonds is 2. The molecule has 1 N–H and O–H groups in total. The van der Waals surface area contributed by atoms with Gasteiger partial charge in [0.25, 0.3) is 0 Å². The van der Waals surface area contributed by atoms with Gasteiger partial charge >= 0.3 is 0 Å². The highest BCUT2D eigenvalue weighted by Crippen LogP contribution is 2.27. The predicted molar refractivity (Wildman–Crippen MR) is 51.2 cm³/mol. The van der Waals surface area contributed by atoms with E-state index in [1.807, 2.05) is 0 Å². The van der Waals surface area contributed by atoms with Gasteiger partial charge in [-0.1, -0.05) is 0 Å². The van der Waals surface area contributed by atoms with Gasteiger partial charge < -0.3 is 5.11 Å². The molecule has 0 heterocycles. The lowest BCUT2D eigenvalue weighted by Gasteiger charge is -2.05. The van der Waals surface area contributed by atoms with Crippen LogP contribution in [0, 0.1) is 5.82 Å². The smallest absolute Gasteiger partial charge is 0.184 e. The first-order chi connectivity index (χ1) is 6.75. The van der Waals surface area contributed by atoms with Gasteiger partial charge in [-0.2, -0.15) is 0 Å². The van der Waals surface area contributed by atoms with Gasteiger partial charge in [0.05, 0.1) is 5.56 Å². The molecule has 6 heteroatoms. The summed E-state index contributed by atoms with van der Waals surface area (Å²) in [4.78, 5) is 10.3. The van der Waals surface area contributed by atoms with E-state index in [4.69, 9.17) is 0 Å². The first kappa shape index (κ1) is 11.6. The number of sulfone groups is 1. The number of carbonyl (C=O) groups is 1. The molecule has 0 aromatic heterocycles. The monoisotopic (exact) mass is 232 g/mol. The highest BCUT2D eigenvalue weighted by atomic mass is 32.2. The van der Waals surface area contributed by atoms with Crippen LogP contribution in [0.1, 0.15) is 17.3 Å². The lowest BCUT2D eigenvalue weighted by molar-refractivity contribution is 0.101. The van der Waals surface area contributed by atoms with Gasteiger partial charge in [-0.05, 0) is 19.1 Å². The molecular formula is C9H9FO4S. The van der Waals surface area contributed by atoms with E-state index in [0.29, 0.717) is 0 Å². The highest BCUT2D eigenvalue weighted by molar-refractivity contribution is 7.90. The zero-order valence-corrected chi connectivity index (χ0v) is 8.93. The second-order valence-corrected chi connectivity index (χ2v) is 5.09. The van der Waals surface area contributed by atoms with Crippen molar-refractivity contribution in [3.63, 3.8) is 0 Å². The molecule has 0 aliphatic carbocycles. The molecule has 1 aromatic carbocycles. The van der Waals surface area contributed by atoms with Crippen LogP contribution in [0.4, 0.5) is 4.39 Å². The van der Waals surface area contributed by atoms with Crippen molar-refractivity contribution in [2.24, 2.45) is 0 Å². The van der Waals surface area contributed by atoms with Gasteiger partial charge in [0, 0.05) is 6.26 Å². The zero-order valence-electron chi connectivity index (χ0n) is 8.11. The van der Waals surface area contributed by atoms with Gasteiger partial charge in [-0.25, -0.2) is 12.8 Å². The summed E-state index contributed by atoms with van der Waals surface area (Å²) < 4.78 is 35.4. The largest absolute Gasteiger partial charge is 0.504 e. The Balaban J connectivity index is 3.55. The van der Waals surface area contributed by atoms with E-state index in [0.717, 1.165) is 25.3 Å². The maximum absolute atomic E-state index is 13.3. The molecule has 0 bridgehead atoms. The van der Waals surface area contributed by atoms with E-state index in [-0.39, 0.29) is 5.56 Å². The van der Waals surface area contributed by atoms with Crippen molar-refractivity contribution in [2.75, 3.05) is 6.26 Å². The van der Waals surface area contributed by atoms with Crippen LogP contribution in [0.25, 0.3) is 0 Å². The number of phenols is 1. The number of aromatic hydroxyl groups is 1. The van der Waals surface area contributed by atoms with E-state index in [9.17, 15) is 22.7 Å². The van der Waals surface area contributed by atoms with E-state index >= 15 is 0 Å². The van der Waals surface area contributed by atoms with Crippen molar-refractivity contribution in [1.82, 2.24) is 0 Å². The van der Waals surface area contributed by atoms with Gasteiger partial charge in [-0.15, -0.1) is 0 Å². The van der Waals surface area contributed by atoms with Crippen molar-refractivity contribution in [1.29, 1.82) is 0 Å². The summed E-state index contributed by atoms with van der Waals surface area (Å²) in [6.45, 7) is 1.15. The van der Waals surface area contributed by atoms with Crippen LogP contribution < -0.4 is 0 Å². The third-order valence-corrected chi connectivity index (χ3v) is 2.97. The van der Waals surface area contributed by atoms with Crippen LogP contribution in [0.15, 0.2) is 17.0 Å². The van der Waals surface area contributed by atoms with E-state index in [1.54, 1.807) is 0 Å². The Labute approximate surface area is 86.3 Å². The maximum Gasteiger partial charge on any atom is 0.184 e. The van der Waals surface area contributed by atoms with Crippen LogP contribution in [-0.2, 0) is 9.84 Å².